The summed E-state index contributed by atoms with van der Waals surface area (Å²) in [5.41, 5.74) is 1.17. The van der Waals surface area contributed by atoms with Gasteiger partial charge in [-0.15, -0.1) is 5.10 Å². The van der Waals surface area contributed by atoms with Gasteiger partial charge in [-0.05, 0) is 37.5 Å². The highest BCUT2D eigenvalue weighted by Crippen LogP contribution is 2.21. The van der Waals surface area contributed by atoms with Crippen LogP contribution in [0.2, 0.25) is 0 Å². The van der Waals surface area contributed by atoms with Crippen molar-refractivity contribution in [3.63, 3.8) is 0 Å². The van der Waals surface area contributed by atoms with E-state index in [9.17, 15) is 14.7 Å². The number of hydrogen-bond acceptors (Lipinski definition) is 4. The van der Waals surface area contributed by atoms with E-state index in [2.05, 4.69) is 10.3 Å². The van der Waals surface area contributed by atoms with Crippen molar-refractivity contribution < 1.29 is 14.7 Å². The van der Waals surface area contributed by atoms with Gasteiger partial charge in [-0.25, -0.2) is 9.48 Å². The Morgan fingerprint density at radius 2 is 2.14 bits per heavy atom. The zero-order valence-electron chi connectivity index (χ0n) is 11.9. The third-order valence-corrected chi connectivity index (χ3v) is 3.83. The van der Waals surface area contributed by atoms with Crippen LogP contribution >= 0.6 is 0 Å². The van der Waals surface area contributed by atoms with E-state index in [1.165, 1.54) is 4.90 Å². The molecule has 1 fully saturated rings. The molecule has 1 aromatic heterocycles. The summed E-state index contributed by atoms with van der Waals surface area (Å²) in [5, 5.41) is 16.9. The predicted octanol–water partition coefficient (Wildman–Crippen LogP) is 1.35. The zero-order valence-corrected chi connectivity index (χ0v) is 11.9. The van der Waals surface area contributed by atoms with Gasteiger partial charge in [0.25, 0.3) is 5.91 Å². The van der Waals surface area contributed by atoms with Crippen molar-refractivity contribution in [3.05, 3.63) is 42.2 Å². The van der Waals surface area contributed by atoms with E-state index in [1.807, 2.05) is 6.07 Å². The molecule has 0 unspecified atom stereocenters. The first kappa shape index (κ1) is 14.2. The monoisotopic (exact) mass is 300 g/mol. The van der Waals surface area contributed by atoms with Gasteiger partial charge in [0.1, 0.15) is 6.04 Å². The molecule has 1 amide bonds. The maximum absolute atomic E-state index is 12.7. The second-order valence-electron chi connectivity index (χ2n) is 5.25. The predicted molar refractivity (Wildman–Crippen MR) is 77.7 cm³/mol. The van der Waals surface area contributed by atoms with Crippen LogP contribution in [0.4, 0.5) is 0 Å². The molecule has 1 N–H and O–H groups in total. The first-order valence-electron chi connectivity index (χ1n) is 7.17. The fourth-order valence-electron chi connectivity index (χ4n) is 2.72. The quantitative estimate of drug-likeness (QED) is 0.924. The van der Waals surface area contributed by atoms with Crippen molar-refractivity contribution in [1.29, 1.82) is 0 Å². The van der Waals surface area contributed by atoms with Crippen molar-refractivity contribution >= 4 is 11.9 Å². The summed E-state index contributed by atoms with van der Waals surface area (Å²) in [6.07, 6.45) is 5.41. The first-order valence-corrected chi connectivity index (χ1v) is 7.17. The van der Waals surface area contributed by atoms with E-state index < -0.39 is 12.0 Å². The van der Waals surface area contributed by atoms with Gasteiger partial charge in [0.2, 0.25) is 0 Å². The second kappa shape index (κ2) is 5.97. The number of hydrogen-bond donors (Lipinski definition) is 1. The van der Waals surface area contributed by atoms with Crippen molar-refractivity contribution in [2.45, 2.75) is 25.3 Å². The van der Waals surface area contributed by atoms with Gasteiger partial charge >= 0.3 is 5.97 Å². The minimum Gasteiger partial charge on any atom is -0.480 e. The zero-order chi connectivity index (χ0) is 15.5. The largest absolute Gasteiger partial charge is 0.480 e. The molecule has 114 valence electrons. The molecule has 1 saturated heterocycles. The number of nitrogens with zero attached hydrogens (tertiary/aromatic N) is 4. The van der Waals surface area contributed by atoms with Crippen LogP contribution in [0.5, 0.6) is 0 Å². The molecule has 0 aliphatic carbocycles. The third-order valence-electron chi connectivity index (χ3n) is 3.83. The van der Waals surface area contributed by atoms with Gasteiger partial charge < -0.3 is 10.0 Å². The molecular formula is C15H16N4O3. The number of rotatable bonds is 3. The highest BCUT2D eigenvalue weighted by molar-refractivity contribution is 5.97. The molecule has 3 rings (SSSR count). The highest BCUT2D eigenvalue weighted by atomic mass is 16.4. The number of piperidine rings is 1. The Hall–Kier alpha value is -2.70. The van der Waals surface area contributed by atoms with Crippen LogP contribution in [-0.4, -0.2) is 49.5 Å². The van der Waals surface area contributed by atoms with Crippen molar-refractivity contribution in [2.75, 3.05) is 6.54 Å². The number of carbonyl (C=O) groups excluding carboxylic acids is 1. The SMILES string of the molecule is O=C(O)[C@H]1CCCCN1C(=O)c1cccc(-n2ccnn2)c1. The van der Waals surface area contributed by atoms with Crippen LogP contribution in [0.25, 0.3) is 5.69 Å². The smallest absolute Gasteiger partial charge is 0.326 e. The van der Waals surface area contributed by atoms with Crippen molar-refractivity contribution in [2.24, 2.45) is 0 Å². The summed E-state index contributed by atoms with van der Waals surface area (Å²) < 4.78 is 1.56. The fourth-order valence-corrected chi connectivity index (χ4v) is 2.72. The van der Waals surface area contributed by atoms with Crippen molar-refractivity contribution in [1.82, 2.24) is 19.9 Å². The van der Waals surface area contributed by atoms with Crippen LogP contribution in [0.15, 0.2) is 36.7 Å². The van der Waals surface area contributed by atoms with Gasteiger partial charge in [-0.2, -0.15) is 0 Å². The maximum Gasteiger partial charge on any atom is 0.326 e. The molecule has 22 heavy (non-hydrogen) atoms. The maximum atomic E-state index is 12.7. The van der Waals surface area contributed by atoms with E-state index >= 15 is 0 Å². The number of aliphatic carboxylic acids is 1. The van der Waals surface area contributed by atoms with Crippen LogP contribution in [0.3, 0.4) is 0 Å². The topological polar surface area (TPSA) is 88.3 Å². The molecule has 1 aliphatic rings. The number of likely N-dealkylation sites (tertiary alicyclic amines) is 1. The van der Waals surface area contributed by atoms with Crippen LogP contribution in [-0.2, 0) is 4.79 Å². The number of carboxylic acids is 1. The van der Waals surface area contributed by atoms with E-state index in [-0.39, 0.29) is 5.91 Å². The molecule has 0 saturated carbocycles. The Kier molecular flexibility index (Phi) is 3.86. The molecule has 7 heteroatoms. The lowest BCUT2D eigenvalue weighted by Crippen LogP contribution is -2.48. The fraction of sp³-hybridized carbons (Fsp3) is 0.333. The van der Waals surface area contributed by atoms with Gasteiger partial charge in [0.15, 0.2) is 0 Å². The summed E-state index contributed by atoms with van der Waals surface area (Å²) in [6, 6.07) is 6.22. The van der Waals surface area contributed by atoms with Gasteiger partial charge in [0, 0.05) is 12.1 Å². The Morgan fingerprint density at radius 3 is 2.86 bits per heavy atom. The number of aromatic nitrogens is 3. The molecule has 1 atom stereocenters. The molecule has 0 radical (unpaired) electrons. The van der Waals surface area contributed by atoms with Crippen molar-refractivity contribution in [3.8, 4) is 5.69 Å². The minimum atomic E-state index is -0.944. The number of carbonyl (C=O) groups is 2. The van der Waals surface area contributed by atoms with Crippen LogP contribution in [0, 0.1) is 0 Å². The summed E-state index contributed by atoms with van der Waals surface area (Å²) in [6.45, 7) is 0.476. The molecular weight excluding hydrogens is 284 g/mol. The third kappa shape index (κ3) is 2.69. The summed E-state index contributed by atoms with van der Waals surface area (Å²) in [7, 11) is 0. The standard InChI is InChI=1S/C15H16N4O3/c20-14(18-8-2-1-6-13(18)15(21)22)11-4-3-5-12(10-11)19-9-7-16-17-19/h3-5,7,9-10,13H,1-2,6,8H2,(H,21,22)/t13-/m1/s1. The number of amides is 1. The normalized spacial score (nSPS) is 18.2. The average molecular weight is 300 g/mol. The van der Waals surface area contributed by atoms with Gasteiger partial charge in [0.05, 0.1) is 18.1 Å². The molecule has 0 bridgehead atoms. The summed E-state index contributed by atoms with van der Waals surface area (Å²) >= 11 is 0. The van der Waals surface area contributed by atoms with E-state index in [1.54, 1.807) is 35.3 Å². The highest BCUT2D eigenvalue weighted by Gasteiger charge is 2.32. The van der Waals surface area contributed by atoms with E-state index in [0.717, 1.165) is 12.8 Å². The number of benzene rings is 1. The molecule has 7 nitrogen and oxygen atoms in total. The van der Waals surface area contributed by atoms with Gasteiger partial charge in [-0.3, -0.25) is 4.79 Å². The summed E-state index contributed by atoms with van der Waals surface area (Å²) in [5.74, 6) is -1.20. The molecule has 1 aromatic carbocycles. The lowest BCUT2D eigenvalue weighted by Gasteiger charge is -2.33. The Bertz CT molecular complexity index is 684. The second-order valence-corrected chi connectivity index (χ2v) is 5.25. The Balaban J connectivity index is 1.88. The minimum absolute atomic E-state index is 0.255. The average Bonchev–Trinajstić information content (AvgIpc) is 3.09. The van der Waals surface area contributed by atoms with E-state index in [0.29, 0.717) is 24.2 Å². The number of carboxylic acid groups (broad SMARTS) is 1. The van der Waals surface area contributed by atoms with E-state index in [4.69, 9.17) is 0 Å². The summed E-state index contributed by atoms with van der Waals surface area (Å²) in [4.78, 5) is 25.4. The molecule has 2 aromatic rings. The Labute approximate surface area is 127 Å². The molecule has 2 heterocycles. The first-order chi connectivity index (χ1) is 10.7. The lowest BCUT2D eigenvalue weighted by atomic mass is 10.0. The van der Waals surface area contributed by atoms with Gasteiger partial charge in [-0.1, -0.05) is 11.3 Å². The lowest BCUT2D eigenvalue weighted by molar-refractivity contribution is -0.143. The molecule has 0 spiro atoms. The Morgan fingerprint density at radius 1 is 1.27 bits per heavy atom. The van der Waals surface area contributed by atoms with Crippen LogP contribution < -0.4 is 0 Å². The van der Waals surface area contributed by atoms with Crippen LogP contribution in [0.1, 0.15) is 29.6 Å². The molecule has 1 aliphatic heterocycles.